The van der Waals surface area contributed by atoms with Gasteiger partial charge in [-0.1, -0.05) is 101 Å². The zero-order valence-electron chi connectivity index (χ0n) is 13.2. The van der Waals surface area contributed by atoms with E-state index in [4.69, 9.17) is 11.6 Å². The van der Waals surface area contributed by atoms with Crippen LogP contribution in [0.5, 0.6) is 0 Å². The van der Waals surface area contributed by atoms with Crippen molar-refractivity contribution in [3.05, 3.63) is 34.9 Å². The maximum absolute atomic E-state index is 6.16. The highest BCUT2D eigenvalue weighted by Gasteiger charge is 1.98. The second-order valence-corrected chi connectivity index (χ2v) is 6.28. The van der Waals surface area contributed by atoms with Crippen molar-refractivity contribution < 1.29 is 0 Å². The smallest absolute Gasteiger partial charge is 0.0437 e. The molecule has 1 heteroatoms. The molecule has 0 bridgehead atoms. The molecule has 0 aromatic heterocycles. The quantitative estimate of drug-likeness (QED) is 0.358. The molecule has 0 saturated carbocycles. The van der Waals surface area contributed by atoms with Crippen LogP contribution in [-0.4, -0.2) is 0 Å². The van der Waals surface area contributed by atoms with E-state index in [1.807, 2.05) is 12.1 Å². The molecule has 114 valence electrons. The lowest BCUT2D eigenvalue weighted by Crippen LogP contribution is -1.87. The first kappa shape index (κ1) is 17.6. The summed E-state index contributed by atoms with van der Waals surface area (Å²) in [5.41, 5.74) is 1.31. The third kappa shape index (κ3) is 8.64. The Balaban J connectivity index is 1.87. The maximum atomic E-state index is 6.16. The molecule has 0 fully saturated rings. The van der Waals surface area contributed by atoms with Crippen molar-refractivity contribution in [1.82, 2.24) is 0 Å². The molecule has 1 aromatic carbocycles. The molecule has 0 unspecified atom stereocenters. The highest BCUT2D eigenvalue weighted by atomic mass is 35.5. The Morgan fingerprint density at radius 3 is 1.75 bits per heavy atom. The van der Waals surface area contributed by atoms with Crippen LogP contribution in [0.4, 0.5) is 0 Å². The van der Waals surface area contributed by atoms with Gasteiger partial charge in [-0.05, 0) is 24.5 Å². The van der Waals surface area contributed by atoms with Crippen molar-refractivity contribution in [2.45, 2.75) is 84.0 Å². The summed E-state index contributed by atoms with van der Waals surface area (Å²) in [5.74, 6) is 0. The minimum atomic E-state index is 0.930. The zero-order chi connectivity index (χ0) is 14.5. The summed E-state index contributed by atoms with van der Waals surface area (Å²) < 4.78 is 0. The molecule has 0 spiro atoms. The molecule has 0 amide bonds. The van der Waals surface area contributed by atoms with E-state index in [0.717, 1.165) is 11.4 Å². The summed E-state index contributed by atoms with van der Waals surface area (Å²) in [6, 6.07) is 8.24. The zero-order valence-corrected chi connectivity index (χ0v) is 13.9. The van der Waals surface area contributed by atoms with Crippen LogP contribution in [0.2, 0.25) is 5.02 Å². The van der Waals surface area contributed by atoms with Crippen LogP contribution < -0.4 is 0 Å². The number of unbranched alkanes of at least 4 members (excludes halogenated alkanes) is 10. The van der Waals surface area contributed by atoms with E-state index in [-0.39, 0.29) is 0 Å². The summed E-state index contributed by atoms with van der Waals surface area (Å²) in [7, 11) is 0. The minimum Gasteiger partial charge on any atom is -0.0840 e. The molecular weight excluding hydrogens is 264 g/mol. The Bertz CT molecular complexity index is 332. The lowest BCUT2D eigenvalue weighted by molar-refractivity contribution is 0.549. The predicted octanol–water partition coefficient (Wildman–Crippen LogP) is 7.19. The topological polar surface area (TPSA) is 0 Å². The van der Waals surface area contributed by atoms with Crippen LogP contribution in [0, 0.1) is 0 Å². The van der Waals surface area contributed by atoms with Crippen molar-refractivity contribution >= 4 is 11.6 Å². The molecule has 0 atom stereocenters. The molecule has 0 aliphatic carbocycles. The Kier molecular flexibility index (Phi) is 10.8. The van der Waals surface area contributed by atoms with Gasteiger partial charge in [0.05, 0.1) is 0 Å². The molecule has 0 radical (unpaired) electrons. The van der Waals surface area contributed by atoms with E-state index in [2.05, 4.69) is 19.1 Å². The van der Waals surface area contributed by atoms with Gasteiger partial charge < -0.3 is 0 Å². The summed E-state index contributed by atoms with van der Waals surface area (Å²) in [6.07, 6.45) is 16.5. The van der Waals surface area contributed by atoms with Crippen LogP contribution >= 0.6 is 11.6 Å². The third-order valence-electron chi connectivity index (χ3n) is 4.01. The molecule has 0 heterocycles. The number of benzene rings is 1. The van der Waals surface area contributed by atoms with Gasteiger partial charge in [0.15, 0.2) is 0 Å². The average molecular weight is 295 g/mol. The highest BCUT2D eigenvalue weighted by molar-refractivity contribution is 6.31. The van der Waals surface area contributed by atoms with E-state index in [9.17, 15) is 0 Å². The summed E-state index contributed by atoms with van der Waals surface area (Å²) in [6.45, 7) is 2.28. The van der Waals surface area contributed by atoms with E-state index < -0.39 is 0 Å². The van der Waals surface area contributed by atoms with Gasteiger partial charge in [0.1, 0.15) is 0 Å². The predicted molar refractivity (Wildman–Crippen MR) is 91.6 cm³/mol. The first-order valence-corrected chi connectivity index (χ1v) is 8.95. The number of halogens is 1. The summed E-state index contributed by atoms with van der Waals surface area (Å²) in [5, 5.41) is 0.930. The van der Waals surface area contributed by atoms with Gasteiger partial charge in [-0.3, -0.25) is 0 Å². The van der Waals surface area contributed by atoms with Crippen LogP contribution in [0.1, 0.15) is 83.1 Å². The van der Waals surface area contributed by atoms with Gasteiger partial charge in [0.2, 0.25) is 0 Å². The van der Waals surface area contributed by atoms with Crippen LogP contribution in [0.3, 0.4) is 0 Å². The fourth-order valence-corrected chi connectivity index (χ4v) is 2.91. The number of hydrogen-bond donors (Lipinski definition) is 0. The van der Waals surface area contributed by atoms with Crippen molar-refractivity contribution in [2.75, 3.05) is 0 Å². The van der Waals surface area contributed by atoms with Crippen LogP contribution in [0.15, 0.2) is 24.3 Å². The maximum Gasteiger partial charge on any atom is 0.0437 e. The Labute approximate surface area is 130 Å². The number of aryl methyl sites for hydroxylation is 1. The lowest BCUT2D eigenvalue weighted by Gasteiger charge is -2.04. The van der Waals surface area contributed by atoms with E-state index in [1.165, 1.54) is 76.2 Å². The molecular formula is C19H31Cl. The standard InChI is InChI=1S/C19H31Cl/c1-2-3-4-5-6-7-8-9-10-11-12-15-18-16-13-14-17-19(18)20/h13-14,16-17H,2-12,15H2,1H3. The normalized spacial score (nSPS) is 10.9. The fraction of sp³-hybridized carbons (Fsp3) is 0.684. The number of hydrogen-bond acceptors (Lipinski definition) is 0. The number of rotatable bonds is 12. The SMILES string of the molecule is CCCCCCCCCCCCCc1ccccc1Cl. The molecule has 0 nitrogen and oxygen atoms in total. The van der Waals surface area contributed by atoms with Crippen LogP contribution in [-0.2, 0) is 6.42 Å². The van der Waals surface area contributed by atoms with Crippen molar-refractivity contribution in [3.8, 4) is 0 Å². The third-order valence-corrected chi connectivity index (χ3v) is 4.38. The second-order valence-electron chi connectivity index (χ2n) is 5.88. The van der Waals surface area contributed by atoms with Crippen molar-refractivity contribution in [2.24, 2.45) is 0 Å². The first-order valence-electron chi connectivity index (χ1n) is 8.58. The highest BCUT2D eigenvalue weighted by Crippen LogP contribution is 2.18. The van der Waals surface area contributed by atoms with Gasteiger partial charge >= 0.3 is 0 Å². The molecule has 0 aliphatic heterocycles. The van der Waals surface area contributed by atoms with Gasteiger partial charge in [0.25, 0.3) is 0 Å². The van der Waals surface area contributed by atoms with Crippen LogP contribution in [0.25, 0.3) is 0 Å². The Morgan fingerprint density at radius 1 is 0.700 bits per heavy atom. The largest absolute Gasteiger partial charge is 0.0840 e. The summed E-state index contributed by atoms with van der Waals surface area (Å²) in [4.78, 5) is 0. The first-order chi connectivity index (χ1) is 9.84. The second kappa shape index (κ2) is 12.3. The van der Waals surface area contributed by atoms with Gasteiger partial charge in [-0.15, -0.1) is 0 Å². The average Bonchev–Trinajstić information content (AvgIpc) is 2.46. The van der Waals surface area contributed by atoms with Gasteiger partial charge in [0, 0.05) is 5.02 Å². The Hall–Kier alpha value is -0.490. The molecule has 1 rings (SSSR count). The minimum absolute atomic E-state index is 0.930. The van der Waals surface area contributed by atoms with Crippen molar-refractivity contribution in [1.29, 1.82) is 0 Å². The fourth-order valence-electron chi connectivity index (χ4n) is 2.68. The van der Waals surface area contributed by atoms with Crippen molar-refractivity contribution in [3.63, 3.8) is 0 Å². The van der Waals surface area contributed by atoms with Gasteiger partial charge in [-0.25, -0.2) is 0 Å². The Morgan fingerprint density at radius 2 is 1.20 bits per heavy atom. The molecule has 0 aliphatic rings. The molecule has 0 N–H and O–H groups in total. The monoisotopic (exact) mass is 294 g/mol. The van der Waals surface area contributed by atoms with E-state index in [0.29, 0.717) is 0 Å². The molecule has 1 aromatic rings. The van der Waals surface area contributed by atoms with E-state index >= 15 is 0 Å². The van der Waals surface area contributed by atoms with Gasteiger partial charge in [-0.2, -0.15) is 0 Å². The molecule has 0 saturated heterocycles. The summed E-state index contributed by atoms with van der Waals surface area (Å²) >= 11 is 6.16. The molecule has 20 heavy (non-hydrogen) atoms. The van der Waals surface area contributed by atoms with E-state index in [1.54, 1.807) is 0 Å². The lowest BCUT2D eigenvalue weighted by atomic mass is 10.0.